The summed E-state index contributed by atoms with van der Waals surface area (Å²) in [5.74, 6) is -0.947. The van der Waals surface area contributed by atoms with Crippen LogP contribution < -0.4 is 5.32 Å². The average molecular weight is 318 g/mol. The second-order valence-corrected chi connectivity index (χ2v) is 5.85. The molecule has 0 aliphatic carbocycles. The van der Waals surface area contributed by atoms with Crippen LogP contribution in [0.5, 0.6) is 0 Å². The van der Waals surface area contributed by atoms with Crippen LogP contribution >= 0.6 is 11.3 Å². The van der Waals surface area contributed by atoms with E-state index in [1.165, 1.54) is 11.3 Å². The molecule has 0 unspecified atom stereocenters. The maximum absolute atomic E-state index is 12.0. The zero-order valence-corrected chi connectivity index (χ0v) is 13.2. The molecule has 2 aromatic rings. The molecule has 22 heavy (non-hydrogen) atoms. The molecule has 1 aromatic heterocycles. The summed E-state index contributed by atoms with van der Waals surface area (Å²) in [4.78, 5) is 27.0. The van der Waals surface area contributed by atoms with E-state index in [9.17, 15) is 9.59 Å². The lowest BCUT2D eigenvalue weighted by Crippen LogP contribution is -2.14. The number of aryl methyl sites for hydroxylation is 2. The van der Waals surface area contributed by atoms with E-state index in [0.29, 0.717) is 12.1 Å². The number of benzene rings is 1. The number of hydrogen-bond acceptors (Lipinski definition) is 4. The van der Waals surface area contributed by atoms with Gasteiger partial charge in [-0.25, -0.2) is 4.98 Å². The molecule has 6 heteroatoms. The van der Waals surface area contributed by atoms with Crippen LogP contribution in [0.2, 0.25) is 0 Å². The van der Waals surface area contributed by atoms with Crippen molar-refractivity contribution in [2.45, 2.75) is 32.6 Å². The number of carboxylic acid groups (broad SMARTS) is 1. The van der Waals surface area contributed by atoms with Crippen molar-refractivity contribution in [3.63, 3.8) is 0 Å². The Balaban J connectivity index is 1.93. The summed E-state index contributed by atoms with van der Waals surface area (Å²) in [5, 5.41) is 14.3. The minimum atomic E-state index is -0.829. The number of aromatic nitrogens is 1. The van der Waals surface area contributed by atoms with Crippen molar-refractivity contribution in [2.75, 3.05) is 5.32 Å². The molecule has 1 heterocycles. The van der Waals surface area contributed by atoms with Crippen LogP contribution in [0.3, 0.4) is 0 Å². The fourth-order valence-corrected chi connectivity index (χ4v) is 2.87. The van der Waals surface area contributed by atoms with E-state index in [1.807, 2.05) is 24.4 Å². The van der Waals surface area contributed by atoms with E-state index >= 15 is 0 Å². The lowest BCUT2D eigenvalue weighted by Gasteiger charge is -2.06. The third kappa shape index (κ3) is 4.96. The number of nitrogens with zero attached hydrogens (tertiary/aromatic N) is 1. The monoisotopic (exact) mass is 318 g/mol. The van der Waals surface area contributed by atoms with Gasteiger partial charge in [0.1, 0.15) is 5.01 Å². The summed E-state index contributed by atoms with van der Waals surface area (Å²) in [7, 11) is 0. The molecule has 1 aromatic carbocycles. The Kier molecular flexibility index (Phi) is 5.66. The quantitative estimate of drug-likeness (QED) is 0.822. The minimum absolute atomic E-state index is 0.0797. The third-order valence-electron chi connectivity index (χ3n) is 3.11. The summed E-state index contributed by atoms with van der Waals surface area (Å²) in [6, 6.07) is 7.26. The zero-order chi connectivity index (χ0) is 15.9. The largest absolute Gasteiger partial charge is 0.481 e. The predicted octanol–water partition coefficient (Wildman–Crippen LogP) is 2.90. The van der Waals surface area contributed by atoms with E-state index in [1.54, 1.807) is 12.1 Å². The van der Waals surface area contributed by atoms with E-state index < -0.39 is 5.97 Å². The molecule has 0 bridgehead atoms. The number of carbonyl (C=O) groups excluding carboxylic acids is 1. The van der Waals surface area contributed by atoms with Crippen LogP contribution in [-0.4, -0.2) is 22.0 Å². The lowest BCUT2D eigenvalue weighted by molar-refractivity contribution is -0.137. The number of carboxylic acids is 1. The molecule has 2 N–H and O–H groups in total. The van der Waals surface area contributed by atoms with Gasteiger partial charge >= 0.3 is 5.97 Å². The fourth-order valence-electron chi connectivity index (χ4n) is 1.99. The van der Waals surface area contributed by atoms with Crippen LogP contribution in [-0.2, 0) is 28.9 Å². The highest BCUT2D eigenvalue weighted by atomic mass is 32.1. The van der Waals surface area contributed by atoms with Gasteiger partial charge in [0.05, 0.1) is 12.1 Å². The molecule has 0 saturated carbocycles. The number of anilines is 1. The number of rotatable bonds is 7. The Morgan fingerprint density at radius 1 is 1.36 bits per heavy atom. The SMILES string of the molecule is CCc1csc(CC(=O)Nc2cccc(CCC(=O)O)c2)n1. The van der Waals surface area contributed by atoms with Crippen molar-refractivity contribution in [1.29, 1.82) is 0 Å². The Labute approximate surface area is 133 Å². The zero-order valence-electron chi connectivity index (χ0n) is 12.3. The first kappa shape index (κ1) is 16.2. The topological polar surface area (TPSA) is 79.3 Å². The minimum Gasteiger partial charge on any atom is -0.481 e. The molecule has 0 fully saturated rings. The molecule has 5 nitrogen and oxygen atoms in total. The Hall–Kier alpha value is -2.21. The molecule has 0 atom stereocenters. The van der Waals surface area contributed by atoms with E-state index in [4.69, 9.17) is 5.11 Å². The molecule has 0 radical (unpaired) electrons. The second kappa shape index (κ2) is 7.70. The van der Waals surface area contributed by atoms with Crippen LogP contribution in [0.4, 0.5) is 5.69 Å². The van der Waals surface area contributed by atoms with Crippen LogP contribution in [0.25, 0.3) is 0 Å². The van der Waals surface area contributed by atoms with E-state index in [0.717, 1.165) is 22.7 Å². The highest BCUT2D eigenvalue weighted by molar-refractivity contribution is 7.09. The Morgan fingerprint density at radius 2 is 2.18 bits per heavy atom. The third-order valence-corrected chi connectivity index (χ3v) is 4.01. The van der Waals surface area contributed by atoms with Crippen molar-refractivity contribution in [1.82, 2.24) is 4.98 Å². The van der Waals surface area contributed by atoms with Gasteiger partial charge in [-0.1, -0.05) is 19.1 Å². The van der Waals surface area contributed by atoms with E-state index in [2.05, 4.69) is 10.3 Å². The van der Waals surface area contributed by atoms with Gasteiger partial charge in [0.15, 0.2) is 0 Å². The Bertz CT molecular complexity index is 667. The summed E-state index contributed by atoms with van der Waals surface area (Å²) in [6.07, 6.45) is 1.65. The number of nitrogens with one attached hydrogen (secondary N) is 1. The normalized spacial score (nSPS) is 10.4. The Morgan fingerprint density at radius 3 is 2.86 bits per heavy atom. The smallest absolute Gasteiger partial charge is 0.303 e. The first-order valence-electron chi connectivity index (χ1n) is 7.10. The van der Waals surface area contributed by atoms with Crippen molar-refractivity contribution in [3.05, 3.63) is 45.9 Å². The summed E-state index contributed by atoms with van der Waals surface area (Å²) in [6.45, 7) is 2.03. The van der Waals surface area contributed by atoms with Crippen molar-refractivity contribution in [2.24, 2.45) is 0 Å². The number of aliphatic carboxylic acids is 1. The molecule has 0 aliphatic rings. The second-order valence-electron chi connectivity index (χ2n) is 4.91. The fraction of sp³-hybridized carbons (Fsp3) is 0.312. The first-order valence-corrected chi connectivity index (χ1v) is 7.98. The molecule has 1 amide bonds. The number of thiazole rings is 1. The molecular weight excluding hydrogens is 300 g/mol. The summed E-state index contributed by atoms with van der Waals surface area (Å²) in [5.41, 5.74) is 2.58. The highest BCUT2D eigenvalue weighted by Crippen LogP contribution is 2.15. The molecule has 0 aliphatic heterocycles. The van der Waals surface area contributed by atoms with Gasteiger partial charge in [0.2, 0.25) is 5.91 Å². The molecule has 0 saturated heterocycles. The number of carbonyl (C=O) groups is 2. The van der Waals surface area contributed by atoms with Crippen LogP contribution in [0.1, 0.15) is 29.6 Å². The number of amides is 1. The van der Waals surface area contributed by atoms with Gasteiger partial charge in [-0.3, -0.25) is 9.59 Å². The summed E-state index contributed by atoms with van der Waals surface area (Å²) >= 11 is 1.49. The average Bonchev–Trinajstić information content (AvgIpc) is 2.93. The summed E-state index contributed by atoms with van der Waals surface area (Å²) < 4.78 is 0. The van der Waals surface area contributed by atoms with Gasteiger partial charge < -0.3 is 10.4 Å². The van der Waals surface area contributed by atoms with Crippen LogP contribution in [0.15, 0.2) is 29.6 Å². The van der Waals surface area contributed by atoms with Gasteiger partial charge in [0, 0.05) is 17.5 Å². The maximum Gasteiger partial charge on any atom is 0.303 e. The van der Waals surface area contributed by atoms with E-state index in [-0.39, 0.29) is 18.7 Å². The van der Waals surface area contributed by atoms with Gasteiger partial charge in [-0.15, -0.1) is 11.3 Å². The number of hydrogen-bond donors (Lipinski definition) is 2. The lowest BCUT2D eigenvalue weighted by atomic mass is 10.1. The van der Waals surface area contributed by atoms with Crippen molar-refractivity contribution < 1.29 is 14.7 Å². The predicted molar refractivity (Wildman–Crippen MR) is 86.2 cm³/mol. The maximum atomic E-state index is 12.0. The van der Waals surface area contributed by atoms with Crippen LogP contribution in [0, 0.1) is 0 Å². The molecule has 116 valence electrons. The molecular formula is C16H18N2O3S. The molecule has 2 rings (SSSR count). The van der Waals surface area contributed by atoms with Gasteiger partial charge in [0.25, 0.3) is 0 Å². The van der Waals surface area contributed by atoms with Crippen molar-refractivity contribution >= 4 is 28.9 Å². The first-order chi connectivity index (χ1) is 10.6. The highest BCUT2D eigenvalue weighted by Gasteiger charge is 2.08. The van der Waals surface area contributed by atoms with Gasteiger partial charge in [-0.05, 0) is 30.5 Å². The standard InChI is InChI=1S/C16H18N2O3S/c1-2-12-10-22-15(18-12)9-14(19)17-13-5-3-4-11(8-13)6-7-16(20)21/h3-5,8,10H,2,6-7,9H2,1H3,(H,17,19)(H,20,21). The molecule has 0 spiro atoms. The van der Waals surface area contributed by atoms with Gasteiger partial charge in [-0.2, -0.15) is 0 Å². The van der Waals surface area contributed by atoms with Crippen molar-refractivity contribution in [3.8, 4) is 0 Å².